The molecule has 10 nitrogen and oxygen atoms in total. The molecule has 3 amide bonds. The van der Waals surface area contributed by atoms with Gasteiger partial charge in [0.15, 0.2) is 5.78 Å². The number of imide groups is 1. The molecule has 0 fully saturated rings. The van der Waals surface area contributed by atoms with E-state index in [1.54, 1.807) is 24.3 Å². The van der Waals surface area contributed by atoms with E-state index in [0.29, 0.717) is 4.90 Å². The maximum Gasteiger partial charge on any atom is 0.414 e. The molecule has 176 valence electrons. The number of rotatable bonds is 6. The molecule has 0 heterocycles. The maximum absolute atomic E-state index is 12.2. The number of hydrogen-bond donors (Lipinski definition) is 5. The number of ketones is 1. The second-order valence-electron chi connectivity index (χ2n) is 6.83. The Morgan fingerprint density at radius 2 is 1.09 bits per heavy atom. The minimum Gasteiger partial charge on any atom is -0.507 e. The van der Waals surface area contributed by atoms with Gasteiger partial charge < -0.3 is 26.2 Å². The average Bonchev–Trinajstić information content (AvgIpc) is 2.80. The van der Waals surface area contributed by atoms with Gasteiger partial charge in [0.2, 0.25) is 0 Å². The fraction of sp³-hybridized carbons (Fsp3) is 0.0833. The van der Waals surface area contributed by atoms with Gasteiger partial charge in [0.05, 0.1) is 16.7 Å². The summed E-state index contributed by atoms with van der Waals surface area (Å²) in [6.07, 6.45) is -1.82. The van der Waals surface area contributed by atoms with Gasteiger partial charge in [-0.25, -0.2) is 9.69 Å². The van der Waals surface area contributed by atoms with Crippen molar-refractivity contribution >= 4 is 23.7 Å². The summed E-state index contributed by atoms with van der Waals surface area (Å²) in [5.74, 6) is -2.67. The summed E-state index contributed by atoms with van der Waals surface area (Å²) in [6, 6.07) is 17.6. The van der Waals surface area contributed by atoms with Crippen LogP contribution in [0.15, 0.2) is 72.8 Å². The predicted octanol–water partition coefficient (Wildman–Crippen LogP) is 2.98. The third kappa shape index (κ3) is 6.57. The SMILES string of the molecule is NC(=O)c1ccccc1O.O=C(CCN(C(=O)O)C(=O)c1ccccc1O)c1ccccc1O. The molecule has 3 aromatic rings. The molecule has 34 heavy (non-hydrogen) atoms. The number of aromatic hydroxyl groups is 3. The molecule has 0 bridgehead atoms. The number of nitrogens with zero attached hydrogens (tertiary/aromatic N) is 1. The number of carbonyl (C=O) groups excluding carboxylic acids is 3. The summed E-state index contributed by atoms with van der Waals surface area (Å²) < 4.78 is 0. The van der Waals surface area contributed by atoms with Gasteiger partial charge in [-0.15, -0.1) is 0 Å². The van der Waals surface area contributed by atoms with E-state index in [0.717, 1.165) is 0 Å². The van der Waals surface area contributed by atoms with Crippen molar-refractivity contribution in [2.75, 3.05) is 6.54 Å². The van der Waals surface area contributed by atoms with E-state index in [-0.39, 0.29) is 40.4 Å². The minimum atomic E-state index is -1.53. The average molecular weight is 466 g/mol. The van der Waals surface area contributed by atoms with E-state index in [1.165, 1.54) is 48.5 Å². The molecular formula is C24H22N2O8. The number of phenols is 3. The Kier molecular flexibility index (Phi) is 8.72. The summed E-state index contributed by atoms with van der Waals surface area (Å²) in [7, 11) is 0. The van der Waals surface area contributed by atoms with Crippen molar-refractivity contribution in [2.45, 2.75) is 6.42 Å². The molecule has 6 N–H and O–H groups in total. The van der Waals surface area contributed by atoms with Gasteiger partial charge in [-0.1, -0.05) is 36.4 Å². The number of primary amides is 1. The molecule has 0 saturated heterocycles. The zero-order valence-corrected chi connectivity index (χ0v) is 17.8. The molecule has 3 aromatic carbocycles. The number of phenolic OH excluding ortho intramolecular Hbond substituents is 2. The summed E-state index contributed by atoms with van der Waals surface area (Å²) in [5.41, 5.74) is 4.95. The van der Waals surface area contributed by atoms with Crippen molar-refractivity contribution in [3.05, 3.63) is 89.5 Å². The lowest BCUT2D eigenvalue weighted by molar-refractivity contribution is 0.0730. The Morgan fingerprint density at radius 3 is 1.47 bits per heavy atom. The van der Waals surface area contributed by atoms with Gasteiger partial charge in [-0.2, -0.15) is 0 Å². The maximum atomic E-state index is 12.2. The van der Waals surface area contributed by atoms with E-state index in [9.17, 15) is 34.5 Å². The van der Waals surface area contributed by atoms with Crippen LogP contribution in [0.3, 0.4) is 0 Å². The van der Waals surface area contributed by atoms with E-state index < -0.39 is 30.2 Å². The van der Waals surface area contributed by atoms with Crippen LogP contribution in [0.2, 0.25) is 0 Å². The third-order valence-corrected chi connectivity index (χ3v) is 4.55. The van der Waals surface area contributed by atoms with Crippen LogP contribution in [-0.2, 0) is 0 Å². The minimum absolute atomic E-state index is 0.0536. The lowest BCUT2D eigenvalue weighted by Crippen LogP contribution is -2.37. The highest BCUT2D eigenvalue weighted by Gasteiger charge is 2.25. The topological polar surface area (TPSA) is 178 Å². The van der Waals surface area contributed by atoms with Gasteiger partial charge in [0.1, 0.15) is 17.2 Å². The van der Waals surface area contributed by atoms with Crippen LogP contribution in [0, 0.1) is 0 Å². The van der Waals surface area contributed by atoms with Crippen LogP contribution in [-0.4, -0.2) is 55.6 Å². The molecule has 0 aromatic heterocycles. The molecule has 3 rings (SSSR count). The number of amides is 3. The Bertz CT molecular complexity index is 1210. The number of carboxylic acid groups (broad SMARTS) is 1. The predicted molar refractivity (Wildman–Crippen MR) is 121 cm³/mol. The monoisotopic (exact) mass is 466 g/mol. The van der Waals surface area contributed by atoms with Crippen LogP contribution in [0.5, 0.6) is 17.2 Å². The molecule has 0 unspecified atom stereocenters. The van der Waals surface area contributed by atoms with E-state index in [1.807, 2.05) is 0 Å². The van der Waals surface area contributed by atoms with Crippen LogP contribution in [0.1, 0.15) is 37.5 Å². The largest absolute Gasteiger partial charge is 0.507 e. The van der Waals surface area contributed by atoms with Crippen molar-refractivity contribution in [3.63, 3.8) is 0 Å². The summed E-state index contributed by atoms with van der Waals surface area (Å²) >= 11 is 0. The molecule has 0 radical (unpaired) electrons. The van der Waals surface area contributed by atoms with Crippen molar-refractivity contribution < 1.29 is 39.6 Å². The molecule has 0 atom stereocenters. The highest BCUT2D eigenvalue weighted by molar-refractivity contribution is 6.05. The molecule has 0 spiro atoms. The number of hydrogen-bond acceptors (Lipinski definition) is 7. The number of para-hydroxylation sites is 3. The van der Waals surface area contributed by atoms with Crippen LogP contribution in [0.4, 0.5) is 4.79 Å². The van der Waals surface area contributed by atoms with Gasteiger partial charge in [0, 0.05) is 13.0 Å². The Hall–Kier alpha value is -4.86. The molecule has 10 heteroatoms. The highest BCUT2D eigenvalue weighted by Crippen LogP contribution is 2.20. The smallest absolute Gasteiger partial charge is 0.414 e. The van der Waals surface area contributed by atoms with E-state index in [4.69, 9.17) is 10.8 Å². The Balaban J connectivity index is 0.000000340. The normalized spacial score (nSPS) is 9.88. The zero-order chi connectivity index (χ0) is 25.3. The standard InChI is InChI=1S/C17H15NO6.C7H7NO2/c19-13-7-3-1-5-11(13)15(21)9-10-18(17(23)24)16(22)12-6-2-4-8-14(12)20;8-7(10)5-3-1-2-4-6(5)9/h1-8,19-20H,9-10H2,(H,23,24);1-4,9H,(H2,8,10). The first-order valence-electron chi connectivity index (χ1n) is 9.85. The van der Waals surface area contributed by atoms with Gasteiger partial charge >= 0.3 is 6.09 Å². The second-order valence-corrected chi connectivity index (χ2v) is 6.83. The molecule has 0 aliphatic rings. The number of carbonyl (C=O) groups is 4. The molecule has 0 aliphatic carbocycles. The Labute approximate surface area is 194 Å². The molecule has 0 saturated carbocycles. The van der Waals surface area contributed by atoms with Crippen LogP contribution < -0.4 is 5.73 Å². The van der Waals surface area contributed by atoms with Crippen molar-refractivity contribution in [2.24, 2.45) is 5.73 Å². The van der Waals surface area contributed by atoms with E-state index in [2.05, 4.69) is 0 Å². The first kappa shape index (κ1) is 25.4. The third-order valence-electron chi connectivity index (χ3n) is 4.55. The molecule has 0 aliphatic heterocycles. The highest BCUT2D eigenvalue weighted by atomic mass is 16.4. The lowest BCUT2D eigenvalue weighted by atomic mass is 10.1. The molecular weight excluding hydrogens is 444 g/mol. The zero-order valence-electron chi connectivity index (χ0n) is 17.8. The first-order chi connectivity index (χ1) is 16.1. The van der Waals surface area contributed by atoms with Gasteiger partial charge in [0.25, 0.3) is 11.8 Å². The quantitative estimate of drug-likeness (QED) is 0.344. The van der Waals surface area contributed by atoms with Crippen LogP contribution >= 0.6 is 0 Å². The van der Waals surface area contributed by atoms with Gasteiger partial charge in [-0.3, -0.25) is 14.4 Å². The fourth-order valence-electron chi connectivity index (χ4n) is 2.82. The van der Waals surface area contributed by atoms with Crippen molar-refractivity contribution in [1.82, 2.24) is 4.90 Å². The number of Topliss-reactive ketones (excluding diaryl/α,β-unsaturated/α-hetero) is 1. The number of nitrogens with two attached hydrogens (primary N) is 1. The first-order valence-corrected chi connectivity index (χ1v) is 9.85. The number of benzene rings is 3. The van der Waals surface area contributed by atoms with Crippen molar-refractivity contribution in [1.29, 1.82) is 0 Å². The summed E-state index contributed by atoms with van der Waals surface area (Å²) in [6.45, 7) is -0.393. The second kappa shape index (κ2) is 11.7. The van der Waals surface area contributed by atoms with Gasteiger partial charge in [-0.05, 0) is 36.4 Å². The van der Waals surface area contributed by atoms with Crippen molar-refractivity contribution in [3.8, 4) is 17.2 Å². The van der Waals surface area contributed by atoms with E-state index >= 15 is 0 Å². The Morgan fingerprint density at radius 1 is 0.676 bits per heavy atom. The lowest BCUT2D eigenvalue weighted by Gasteiger charge is -2.17. The van der Waals surface area contributed by atoms with Crippen LogP contribution in [0.25, 0.3) is 0 Å². The summed E-state index contributed by atoms with van der Waals surface area (Å²) in [5, 5.41) is 37.5. The summed E-state index contributed by atoms with van der Waals surface area (Å²) in [4.78, 5) is 46.6. The fourth-order valence-corrected chi connectivity index (χ4v) is 2.82.